The predicted octanol–water partition coefficient (Wildman–Crippen LogP) is 2.61. The van der Waals surface area contributed by atoms with Gasteiger partial charge in [0.15, 0.2) is 6.29 Å². The van der Waals surface area contributed by atoms with Gasteiger partial charge in [-0.05, 0) is 11.6 Å². The summed E-state index contributed by atoms with van der Waals surface area (Å²) in [5.74, 6) is 0. The molecule has 13 heavy (non-hydrogen) atoms. The van der Waals surface area contributed by atoms with Gasteiger partial charge in [0.1, 0.15) is 0 Å². The van der Waals surface area contributed by atoms with E-state index in [1.165, 1.54) is 6.08 Å². The molecule has 0 atom stereocenters. The Bertz CT molecular complexity index is 341. The molecule has 0 aliphatic rings. The summed E-state index contributed by atoms with van der Waals surface area (Å²) in [6.45, 7) is 0. The minimum Gasteiger partial charge on any atom is -0.298 e. The number of aldehydes is 1. The quantitative estimate of drug-likeness (QED) is 0.295. The lowest BCUT2D eigenvalue weighted by Gasteiger charge is -1.87. The van der Waals surface area contributed by atoms with Crippen LogP contribution in [0.1, 0.15) is 5.56 Å². The minimum absolute atomic E-state index is 0.701. The van der Waals surface area contributed by atoms with Gasteiger partial charge in [0.2, 0.25) is 0 Å². The number of rotatable bonds is 3. The fourth-order valence-electron chi connectivity index (χ4n) is 0.874. The third kappa shape index (κ3) is 3.90. The largest absolute Gasteiger partial charge is 0.298 e. The van der Waals surface area contributed by atoms with Crippen molar-refractivity contribution < 1.29 is 4.79 Å². The minimum atomic E-state index is 0.701. The Kier molecular flexibility index (Phi) is 4.09. The number of carbonyl (C=O) groups is 1. The molecule has 0 aliphatic heterocycles. The van der Waals surface area contributed by atoms with Crippen LogP contribution >= 0.6 is 0 Å². The number of benzene rings is 1. The fourth-order valence-corrected chi connectivity index (χ4v) is 0.874. The van der Waals surface area contributed by atoms with Gasteiger partial charge in [-0.15, -0.1) is 5.73 Å². The molecule has 0 fully saturated rings. The van der Waals surface area contributed by atoms with Gasteiger partial charge in [0.05, 0.1) is 0 Å². The van der Waals surface area contributed by atoms with Gasteiger partial charge in [0.25, 0.3) is 0 Å². The smallest absolute Gasteiger partial charge is 0.150 e. The summed E-state index contributed by atoms with van der Waals surface area (Å²) in [7, 11) is 0. The second kappa shape index (κ2) is 5.76. The van der Waals surface area contributed by atoms with Crippen molar-refractivity contribution >= 4 is 12.4 Å². The molecule has 1 heteroatoms. The van der Waals surface area contributed by atoms with Gasteiger partial charge >= 0.3 is 0 Å². The Morgan fingerprint density at radius 2 is 1.85 bits per heavy atom. The number of allylic oxidation sites excluding steroid dienone is 2. The second-order valence-electron chi connectivity index (χ2n) is 2.41. The maximum absolute atomic E-state index is 9.88. The average Bonchev–Trinajstić information content (AvgIpc) is 2.19. The van der Waals surface area contributed by atoms with Crippen LogP contribution in [-0.4, -0.2) is 6.29 Å². The highest BCUT2D eigenvalue weighted by atomic mass is 16.1. The summed E-state index contributed by atoms with van der Waals surface area (Å²) in [6.07, 6.45) is 7.52. The first-order valence-electron chi connectivity index (χ1n) is 4.01. The molecule has 0 unspecified atom stereocenters. The Morgan fingerprint density at radius 3 is 2.54 bits per heavy atom. The SMILES string of the molecule is O=CC=C=CC=Cc1ccccc1. The van der Waals surface area contributed by atoms with Crippen LogP contribution in [0.2, 0.25) is 0 Å². The van der Waals surface area contributed by atoms with E-state index in [0.717, 1.165) is 5.56 Å². The van der Waals surface area contributed by atoms with Crippen LogP contribution in [-0.2, 0) is 4.79 Å². The van der Waals surface area contributed by atoms with E-state index < -0.39 is 0 Å². The molecule has 0 heterocycles. The van der Waals surface area contributed by atoms with Crippen molar-refractivity contribution in [1.82, 2.24) is 0 Å². The molecule has 1 nitrogen and oxygen atoms in total. The Balaban J connectivity index is 2.60. The highest BCUT2D eigenvalue weighted by molar-refractivity contribution is 5.64. The summed E-state index contributed by atoms with van der Waals surface area (Å²) in [5, 5.41) is 0. The van der Waals surface area contributed by atoms with E-state index in [2.05, 4.69) is 5.73 Å². The first-order valence-corrected chi connectivity index (χ1v) is 4.01. The molecule has 0 amide bonds. The molecule has 0 radical (unpaired) electrons. The molecule has 0 N–H and O–H groups in total. The first-order chi connectivity index (χ1) is 6.43. The normalized spacial score (nSPS) is 9.23. The fraction of sp³-hybridized carbons (Fsp3) is 0. The zero-order valence-corrected chi connectivity index (χ0v) is 7.18. The van der Waals surface area contributed by atoms with Crippen molar-refractivity contribution in [3.63, 3.8) is 0 Å². The third-order valence-corrected chi connectivity index (χ3v) is 1.44. The highest BCUT2D eigenvalue weighted by Crippen LogP contribution is 2.00. The van der Waals surface area contributed by atoms with Gasteiger partial charge in [-0.2, -0.15) is 0 Å². The van der Waals surface area contributed by atoms with E-state index in [1.807, 2.05) is 42.5 Å². The maximum Gasteiger partial charge on any atom is 0.150 e. The zero-order valence-electron chi connectivity index (χ0n) is 7.18. The van der Waals surface area contributed by atoms with Gasteiger partial charge in [-0.1, -0.05) is 42.5 Å². The molecule has 1 rings (SSSR count). The lowest BCUT2D eigenvalue weighted by molar-refractivity contribution is -0.104. The van der Waals surface area contributed by atoms with E-state index in [9.17, 15) is 4.79 Å². The highest BCUT2D eigenvalue weighted by Gasteiger charge is 1.78. The van der Waals surface area contributed by atoms with Crippen LogP contribution in [0.3, 0.4) is 0 Å². The van der Waals surface area contributed by atoms with Crippen molar-refractivity contribution in [3.05, 3.63) is 59.9 Å². The van der Waals surface area contributed by atoms with Gasteiger partial charge in [0, 0.05) is 6.08 Å². The molecule has 64 valence electrons. The third-order valence-electron chi connectivity index (χ3n) is 1.44. The van der Waals surface area contributed by atoms with Crippen molar-refractivity contribution in [2.75, 3.05) is 0 Å². The summed E-state index contributed by atoms with van der Waals surface area (Å²) in [5.41, 5.74) is 3.83. The van der Waals surface area contributed by atoms with Gasteiger partial charge in [-0.3, -0.25) is 4.79 Å². The topological polar surface area (TPSA) is 17.1 Å². The van der Waals surface area contributed by atoms with E-state index >= 15 is 0 Å². The second-order valence-corrected chi connectivity index (χ2v) is 2.41. The van der Waals surface area contributed by atoms with Crippen LogP contribution in [0.25, 0.3) is 6.08 Å². The van der Waals surface area contributed by atoms with E-state index in [-0.39, 0.29) is 0 Å². The van der Waals surface area contributed by atoms with Crippen molar-refractivity contribution in [2.45, 2.75) is 0 Å². The number of hydrogen-bond donors (Lipinski definition) is 0. The van der Waals surface area contributed by atoms with Gasteiger partial charge < -0.3 is 0 Å². The summed E-state index contributed by atoms with van der Waals surface area (Å²) >= 11 is 0. The molecule has 1 aromatic rings. The van der Waals surface area contributed by atoms with Crippen molar-refractivity contribution in [1.29, 1.82) is 0 Å². The Morgan fingerprint density at radius 1 is 1.08 bits per heavy atom. The molecule has 0 aliphatic carbocycles. The number of hydrogen-bond acceptors (Lipinski definition) is 1. The zero-order chi connectivity index (χ0) is 9.36. The monoisotopic (exact) mass is 170 g/mol. The molecule has 0 aromatic heterocycles. The lowest BCUT2D eigenvalue weighted by atomic mass is 10.2. The molecule has 0 saturated carbocycles. The maximum atomic E-state index is 9.88. The van der Waals surface area contributed by atoms with Crippen LogP contribution in [0.15, 0.2) is 54.3 Å². The van der Waals surface area contributed by atoms with E-state index in [4.69, 9.17) is 0 Å². The summed E-state index contributed by atoms with van der Waals surface area (Å²) < 4.78 is 0. The summed E-state index contributed by atoms with van der Waals surface area (Å²) in [6, 6.07) is 9.94. The number of carbonyl (C=O) groups excluding carboxylic acids is 1. The van der Waals surface area contributed by atoms with Crippen LogP contribution in [0, 0.1) is 0 Å². The molecule has 1 aromatic carbocycles. The molecular formula is C12H10O. The summed E-state index contributed by atoms with van der Waals surface area (Å²) in [4.78, 5) is 9.88. The molecule has 0 saturated heterocycles. The van der Waals surface area contributed by atoms with Gasteiger partial charge in [-0.25, -0.2) is 0 Å². The van der Waals surface area contributed by atoms with Crippen LogP contribution in [0.5, 0.6) is 0 Å². The molecule has 0 spiro atoms. The van der Waals surface area contributed by atoms with Crippen molar-refractivity contribution in [2.24, 2.45) is 0 Å². The first kappa shape index (κ1) is 9.24. The Labute approximate surface area is 77.7 Å². The standard InChI is InChI=1S/C12H10O/c13-11-7-2-1-4-8-12-9-5-3-6-10-12/h1,3-11H. The average molecular weight is 170 g/mol. The van der Waals surface area contributed by atoms with E-state index in [0.29, 0.717) is 6.29 Å². The Hall–Kier alpha value is -1.85. The predicted molar refractivity (Wildman–Crippen MR) is 54.2 cm³/mol. The molecular weight excluding hydrogens is 160 g/mol. The lowest BCUT2D eigenvalue weighted by Crippen LogP contribution is -1.66. The molecule has 0 bridgehead atoms. The van der Waals surface area contributed by atoms with Crippen molar-refractivity contribution in [3.8, 4) is 0 Å². The van der Waals surface area contributed by atoms with Crippen LogP contribution in [0.4, 0.5) is 0 Å². The van der Waals surface area contributed by atoms with E-state index in [1.54, 1.807) is 6.08 Å². The van der Waals surface area contributed by atoms with Crippen LogP contribution < -0.4 is 0 Å².